The summed E-state index contributed by atoms with van der Waals surface area (Å²) in [5, 5.41) is 0. The van der Waals surface area contributed by atoms with E-state index in [-0.39, 0.29) is 5.97 Å². The molecule has 0 unspecified atom stereocenters. The molecule has 0 spiro atoms. The summed E-state index contributed by atoms with van der Waals surface area (Å²) < 4.78 is 16.1. The summed E-state index contributed by atoms with van der Waals surface area (Å²) in [5.74, 6) is 1.41. The van der Waals surface area contributed by atoms with E-state index in [1.807, 2.05) is 43.3 Å². The topological polar surface area (TPSA) is 44.8 Å². The third kappa shape index (κ3) is 4.45. The van der Waals surface area contributed by atoms with Crippen LogP contribution in [-0.2, 0) is 22.6 Å². The summed E-state index contributed by atoms with van der Waals surface area (Å²) in [6, 6.07) is 13.9. The normalized spacial score (nSPS) is 14.6. The van der Waals surface area contributed by atoms with Crippen molar-refractivity contribution in [2.45, 2.75) is 32.8 Å². The van der Waals surface area contributed by atoms with Crippen LogP contribution in [0.5, 0.6) is 11.5 Å². The Kier molecular flexibility index (Phi) is 5.95. The van der Waals surface area contributed by atoms with Gasteiger partial charge in [0.25, 0.3) is 0 Å². The van der Waals surface area contributed by atoms with Gasteiger partial charge in [-0.25, -0.2) is 4.79 Å². The number of methoxy groups -OCH3 is 1. The van der Waals surface area contributed by atoms with E-state index in [1.54, 1.807) is 13.2 Å². The molecule has 0 amide bonds. The molecule has 1 aliphatic rings. The van der Waals surface area contributed by atoms with Gasteiger partial charge in [-0.1, -0.05) is 18.2 Å². The van der Waals surface area contributed by atoms with Gasteiger partial charge in [-0.2, -0.15) is 0 Å². The predicted octanol–water partition coefficient (Wildman–Crippen LogP) is 4.56. The fraction of sp³-hybridized carbons (Fsp3) is 0.318. The highest BCUT2D eigenvalue weighted by Gasteiger charge is 2.16. The minimum atomic E-state index is -0.268. The van der Waals surface area contributed by atoms with Crippen LogP contribution < -0.4 is 9.47 Å². The van der Waals surface area contributed by atoms with Crippen molar-refractivity contribution in [3.05, 3.63) is 65.2 Å². The summed E-state index contributed by atoms with van der Waals surface area (Å²) >= 11 is 0. The van der Waals surface area contributed by atoms with Crippen molar-refractivity contribution >= 4 is 11.5 Å². The van der Waals surface area contributed by atoms with E-state index in [1.165, 1.54) is 5.56 Å². The maximum absolute atomic E-state index is 11.8. The zero-order valence-electron chi connectivity index (χ0n) is 15.3. The Morgan fingerprint density at radius 2 is 1.85 bits per heavy atom. The van der Waals surface area contributed by atoms with Crippen LogP contribution in [0.2, 0.25) is 0 Å². The lowest BCUT2D eigenvalue weighted by Crippen LogP contribution is -2.06. The van der Waals surface area contributed by atoms with Crippen LogP contribution in [-0.4, -0.2) is 19.7 Å². The lowest BCUT2D eigenvalue weighted by atomic mass is 9.87. The number of benzene rings is 2. The number of aryl methyl sites for hydroxylation is 1. The summed E-state index contributed by atoms with van der Waals surface area (Å²) in [6.45, 7) is 2.72. The first-order valence-electron chi connectivity index (χ1n) is 8.96. The fourth-order valence-electron chi connectivity index (χ4n) is 3.15. The summed E-state index contributed by atoms with van der Waals surface area (Å²) in [5.41, 5.74) is 4.48. The second-order valence-electron chi connectivity index (χ2n) is 6.23. The summed E-state index contributed by atoms with van der Waals surface area (Å²) in [4.78, 5) is 11.8. The minimum Gasteiger partial charge on any atom is -0.497 e. The van der Waals surface area contributed by atoms with Gasteiger partial charge in [-0.05, 0) is 72.7 Å². The molecule has 4 nitrogen and oxygen atoms in total. The first-order chi connectivity index (χ1) is 12.7. The fourth-order valence-corrected chi connectivity index (χ4v) is 3.15. The van der Waals surface area contributed by atoms with E-state index in [0.29, 0.717) is 13.2 Å². The van der Waals surface area contributed by atoms with Crippen LogP contribution in [0.1, 0.15) is 36.5 Å². The quantitative estimate of drug-likeness (QED) is 0.565. The van der Waals surface area contributed by atoms with Gasteiger partial charge in [0.1, 0.15) is 18.1 Å². The molecule has 0 atom stereocenters. The highest BCUT2D eigenvalue weighted by Crippen LogP contribution is 2.33. The Hall–Kier alpha value is -2.75. The van der Waals surface area contributed by atoms with Crippen LogP contribution in [0.15, 0.2) is 48.5 Å². The molecule has 1 aliphatic carbocycles. The molecule has 0 fully saturated rings. The zero-order chi connectivity index (χ0) is 18.4. The Morgan fingerprint density at radius 3 is 2.58 bits per heavy atom. The maximum atomic E-state index is 11.8. The highest BCUT2D eigenvalue weighted by atomic mass is 16.5. The van der Waals surface area contributed by atoms with Crippen molar-refractivity contribution in [3.63, 3.8) is 0 Å². The van der Waals surface area contributed by atoms with E-state index in [0.717, 1.165) is 47.5 Å². The lowest BCUT2D eigenvalue weighted by Gasteiger charge is -2.20. The number of rotatable bonds is 6. The van der Waals surface area contributed by atoms with E-state index in [9.17, 15) is 4.79 Å². The molecule has 0 saturated carbocycles. The van der Waals surface area contributed by atoms with E-state index < -0.39 is 0 Å². The number of allylic oxidation sites excluding steroid dienone is 1. The highest BCUT2D eigenvalue weighted by molar-refractivity contribution is 5.92. The van der Waals surface area contributed by atoms with Crippen LogP contribution in [0.3, 0.4) is 0 Å². The average molecular weight is 352 g/mol. The van der Waals surface area contributed by atoms with Crippen LogP contribution in [0.25, 0.3) is 5.57 Å². The molecule has 0 saturated heterocycles. The summed E-state index contributed by atoms with van der Waals surface area (Å²) in [6.07, 6.45) is 4.55. The number of fused-ring (bicyclic) bond motifs is 1. The van der Waals surface area contributed by atoms with Crippen molar-refractivity contribution in [3.8, 4) is 11.5 Å². The molecule has 0 aromatic heterocycles. The SMILES string of the molecule is CCOC(=O)/C=C1\CCCc2cc(OCc3ccc(OC)cc3)ccc21. The van der Waals surface area contributed by atoms with Gasteiger partial charge < -0.3 is 14.2 Å². The largest absolute Gasteiger partial charge is 0.497 e. The Balaban J connectivity index is 1.70. The molecule has 136 valence electrons. The molecular formula is C22H24O4. The van der Waals surface area contributed by atoms with Crippen LogP contribution in [0, 0.1) is 0 Å². The molecular weight excluding hydrogens is 328 g/mol. The third-order valence-electron chi connectivity index (χ3n) is 4.46. The molecule has 0 heterocycles. The molecule has 2 aromatic carbocycles. The second-order valence-corrected chi connectivity index (χ2v) is 6.23. The molecule has 4 heteroatoms. The Morgan fingerprint density at radius 1 is 1.08 bits per heavy atom. The van der Waals surface area contributed by atoms with Gasteiger partial charge in [0.15, 0.2) is 0 Å². The number of ether oxygens (including phenoxy) is 3. The van der Waals surface area contributed by atoms with Crippen molar-refractivity contribution in [1.29, 1.82) is 0 Å². The van der Waals surface area contributed by atoms with Crippen LogP contribution in [0.4, 0.5) is 0 Å². The van der Waals surface area contributed by atoms with Crippen molar-refractivity contribution < 1.29 is 19.0 Å². The number of hydrogen-bond donors (Lipinski definition) is 0. The lowest BCUT2D eigenvalue weighted by molar-refractivity contribution is -0.137. The second kappa shape index (κ2) is 8.56. The van der Waals surface area contributed by atoms with Crippen molar-refractivity contribution in [2.75, 3.05) is 13.7 Å². The monoisotopic (exact) mass is 352 g/mol. The molecule has 2 aromatic rings. The molecule has 0 aliphatic heterocycles. The third-order valence-corrected chi connectivity index (χ3v) is 4.46. The molecule has 0 N–H and O–H groups in total. The van der Waals surface area contributed by atoms with Crippen molar-refractivity contribution in [1.82, 2.24) is 0 Å². The van der Waals surface area contributed by atoms with Gasteiger partial charge in [-0.15, -0.1) is 0 Å². The smallest absolute Gasteiger partial charge is 0.331 e. The molecule has 3 rings (SSSR count). The number of carbonyl (C=O) groups is 1. The Labute approximate surface area is 154 Å². The molecule has 26 heavy (non-hydrogen) atoms. The van der Waals surface area contributed by atoms with Gasteiger partial charge in [0, 0.05) is 6.08 Å². The minimum absolute atomic E-state index is 0.268. The van der Waals surface area contributed by atoms with Gasteiger partial charge in [0.2, 0.25) is 0 Å². The van der Waals surface area contributed by atoms with Gasteiger partial charge in [0.05, 0.1) is 13.7 Å². The van der Waals surface area contributed by atoms with Crippen molar-refractivity contribution in [2.24, 2.45) is 0 Å². The number of hydrogen-bond acceptors (Lipinski definition) is 4. The standard InChI is InChI=1S/C22H24O4/c1-3-25-22(23)14-18-6-4-5-17-13-20(11-12-21(17)18)26-15-16-7-9-19(24-2)10-8-16/h7-14H,3-6,15H2,1-2H3/b18-14+. The van der Waals surface area contributed by atoms with Gasteiger partial charge >= 0.3 is 5.97 Å². The first-order valence-corrected chi connectivity index (χ1v) is 8.96. The molecule has 0 bridgehead atoms. The Bertz CT molecular complexity index is 790. The average Bonchev–Trinajstić information content (AvgIpc) is 2.67. The predicted molar refractivity (Wildman–Crippen MR) is 101 cm³/mol. The van der Waals surface area contributed by atoms with Gasteiger partial charge in [-0.3, -0.25) is 0 Å². The van der Waals surface area contributed by atoms with E-state index in [4.69, 9.17) is 14.2 Å². The molecule has 0 radical (unpaired) electrons. The van der Waals surface area contributed by atoms with Crippen LogP contribution >= 0.6 is 0 Å². The zero-order valence-corrected chi connectivity index (χ0v) is 15.3. The number of carbonyl (C=O) groups excluding carboxylic acids is 1. The first kappa shape index (κ1) is 18.1. The maximum Gasteiger partial charge on any atom is 0.331 e. The van der Waals surface area contributed by atoms with E-state index >= 15 is 0 Å². The summed E-state index contributed by atoms with van der Waals surface area (Å²) in [7, 11) is 1.66. The number of esters is 1. The van der Waals surface area contributed by atoms with E-state index in [2.05, 4.69) is 6.07 Å².